The van der Waals surface area contributed by atoms with E-state index in [0.29, 0.717) is 5.06 Å². The van der Waals surface area contributed by atoms with Crippen molar-refractivity contribution in [3.63, 3.8) is 0 Å². The van der Waals surface area contributed by atoms with Crippen LogP contribution in [0.3, 0.4) is 0 Å². The van der Waals surface area contributed by atoms with Crippen LogP contribution in [0.25, 0.3) is 0 Å². The van der Waals surface area contributed by atoms with Gasteiger partial charge in [0.05, 0.1) is 6.10 Å². The lowest BCUT2D eigenvalue weighted by molar-refractivity contribution is -0.200. The van der Waals surface area contributed by atoms with E-state index < -0.39 is 36.0 Å². The molecule has 1 saturated heterocycles. The molecule has 9 heteroatoms. The van der Waals surface area contributed by atoms with Crippen molar-refractivity contribution in [3.05, 3.63) is 35.9 Å². The van der Waals surface area contributed by atoms with Crippen molar-refractivity contribution < 1.29 is 33.9 Å². The van der Waals surface area contributed by atoms with Crippen LogP contribution in [0.4, 0.5) is 4.79 Å². The predicted octanol–water partition coefficient (Wildman–Crippen LogP) is 0.269. The predicted molar refractivity (Wildman–Crippen MR) is 82.4 cm³/mol. The van der Waals surface area contributed by atoms with Crippen molar-refractivity contribution in [1.29, 1.82) is 0 Å². The number of aliphatic hydroxyl groups excluding tert-OH is 1. The molecule has 0 unspecified atom stereocenters. The molecule has 0 bridgehead atoms. The topological polar surface area (TPSA) is 122 Å². The van der Waals surface area contributed by atoms with Crippen molar-refractivity contribution in [2.45, 2.75) is 38.5 Å². The van der Waals surface area contributed by atoms with Gasteiger partial charge < -0.3 is 20.0 Å². The molecule has 2 rings (SSSR count). The van der Waals surface area contributed by atoms with Gasteiger partial charge in [-0.1, -0.05) is 30.3 Å². The number of ether oxygens (including phenoxy) is 1. The molecule has 2 N–H and O–H groups in total. The molecule has 9 nitrogen and oxygen atoms in total. The van der Waals surface area contributed by atoms with E-state index in [9.17, 15) is 24.3 Å². The maximum absolute atomic E-state index is 12.0. The van der Waals surface area contributed by atoms with E-state index in [0.717, 1.165) is 5.56 Å². The number of hydrogen-bond acceptors (Lipinski definition) is 7. The summed E-state index contributed by atoms with van der Waals surface area (Å²) in [5.41, 5.74) is 0.738. The van der Waals surface area contributed by atoms with Gasteiger partial charge in [0.2, 0.25) is 0 Å². The van der Waals surface area contributed by atoms with Gasteiger partial charge in [-0.3, -0.25) is 9.59 Å². The van der Waals surface area contributed by atoms with Gasteiger partial charge in [0.15, 0.2) is 6.04 Å². The van der Waals surface area contributed by atoms with Gasteiger partial charge in [-0.25, -0.2) is 9.59 Å². The lowest BCUT2D eigenvalue weighted by Gasteiger charge is -2.21. The summed E-state index contributed by atoms with van der Waals surface area (Å²) in [7, 11) is 0. The highest BCUT2D eigenvalue weighted by molar-refractivity contribution is 6.01. The summed E-state index contributed by atoms with van der Waals surface area (Å²) in [6.07, 6.45) is -2.40. The highest BCUT2D eigenvalue weighted by atomic mass is 16.7. The summed E-state index contributed by atoms with van der Waals surface area (Å²) in [6, 6.07) is 7.36. The van der Waals surface area contributed by atoms with Gasteiger partial charge in [0.25, 0.3) is 11.8 Å². The van der Waals surface area contributed by atoms with Gasteiger partial charge in [0, 0.05) is 12.8 Å². The van der Waals surface area contributed by atoms with E-state index in [1.54, 1.807) is 24.3 Å². The Labute approximate surface area is 143 Å². The molecule has 0 aromatic heterocycles. The van der Waals surface area contributed by atoms with Crippen LogP contribution < -0.4 is 5.32 Å². The minimum Gasteiger partial charge on any atom is -0.445 e. The second kappa shape index (κ2) is 8.25. The van der Waals surface area contributed by atoms with Crippen LogP contribution >= 0.6 is 0 Å². The van der Waals surface area contributed by atoms with Gasteiger partial charge >= 0.3 is 12.1 Å². The van der Waals surface area contributed by atoms with Crippen molar-refractivity contribution in [2.75, 3.05) is 0 Å². The van der Waals surface area contributed by atoms with E-state index in [-0.39, 0.29) is 19.4 Å². The lowest BCUT2D eigenvalue weighted by atomic mass is 10.2. The van der Waals surface area contributed by atoms with Crippen LogP contribution in [-0.2, 0) is 30.6 Å². The Morgan fingerprint density at radius 2 is 1.80 bits per heavy atom. The van der Waals surface area contributed by atoms with Crippen LogP contribution in [0.2, 0.25) is 0 Å². The number of amides is 3. The number of nitrogens with one attached hydrogen (secondary N) is 1. The molecular weight excluding hydrogens is 332 g/mol. The molecule has 0 spiro atoms. The smallest absolute Gasteiger partial charge is 0.408 e. The molecule has 1 heterocycles. The maximum atomic E-state index is 12.0. The maximum Gasteiger partial charge on any atom is 0.408 e. The van der Waals surface area contributed by atoms with Crippen LogP contribution in [0.5, 0.6) is 0 Å². The Bertz CT molecular complexity index is 644. The first-order valence-electron chi connectivity index (χ1n) is 7.61. The number of imide groups is 1. The van der Waals surface area contributed by atoms with Crippen LogP contribution in [0.1, 0.15) is 25.3 Å². The van der Waals surface area contributed by atoms with E-state index in [1.807, 2.05) is 6.07 Å². The number of alkyl carbamates (subject to hydrolysis) is 1. The Hall–Kier alpha value is -2.94. The molecule has 2 atom stereocenters. The van der Waals surface area contributed by atoms with Crippen LogP contribution in [-0.4, -0.2) is 46.2 Å². The first-order chi connectivity index (χ1) is 11.9. The first kappa shape index (κ1) is 18.4. The van der Waals surface area contributed by atoms with Gasteiger partial charge in [-0.05, 0) is 12.5 Å². The third kappa shape index (κ3) is 5.01. The summed E-state index contributed by atoms with van der Waals surface area (Å²) < 4.78 is 4.95. The van der Waals surface area contributed by atoms with E-state index in [2.05, 4.69) is 10.2 Å². The Morgan fingerprint density at radius 1 is 1.20 bits per heavy atom. The molecule has 3 amide bonds. The Morgan fingerprint density at radius 3 is 2.36 bits per heavy atom. The highest BCUT2D eigenvalue weighted by Gasteiger charge is 2.36. The molecule has 25 heavy (non-hydrogen) atoms. The van der Waals surface area contributed by atoms with Crippen molar-refractivity contribution >= 4 is 23.9 Å². The number of benzene rings is 1. The summed E-state index contributed by atoms with van der Waals surface area (Å²) in [5, 5.41) is 12.2. The lowest BCUT2D eigenvalue weighted by Crippen LogP contribution is -2.50. The minimum atomic E-state index is -1.50. The summed E-state index contributed by atoms with van der Waals surface area (Å²) in [5.74, 6) is -2.46. The van der Waals surface area contributed by atoms with Crippen LogP contribution in [0, 0.1) is 0 Å². The second-order valence-electron chi connectivity index (χ2n) is 5.42. The number of carbonyl (C=O) groups excluding carboxylic acids is 4. The van der Waals surface area contributed by atoms with Gasteiger partial charge in [0.1, 0.15) is 6.61 Å². The molecule has 1 aromatic rings. The number of carbonyl (C=O) groups is 4. The van der Waals surface area contributed by atoms with Crippen LogP contribution in [0.15, 0.2) is 30.3 Å². The molecule has 0 radical (unpaired) electrons. The molecule has 1 aliphatic rings. The molecular formula is C16H18N2O7. The van der Waals surface area contributed by atoms with Gasteiger partial charge in [-0.15, -0.1) is 5.06 Å². The first-order valence-corrected chi connectivity index (χ1v) is 7.61. The van der Waals surface area contributed by atoms with Gasteiger partial charge in [-0.2, -0.15) is 0 Å². The number of hydrogen-bond donors (Lipinski definition) is 2. The second-order valence-corrected chi connectivity index (χ2v) is 5.42. The normalized spacial score (nSPS) is 16.3. The van der Waals surface area contributed by atoms with E-state index in [1.165, 1.54) is 6.92 Å². The quantitative estimate of drug-likeness (QED) is 0.706. The molecule has 0 saturated carbocycles. The van der Waals surface area contributed by atoms with Crippen molar-refractivity contribution in [2.24, 2.45) is 0 Å². The average molecular weight is 350 g/mol. The fourth-order valence-corrected chi connectivity index (χ4v) is 2.07. The van der Waals surface area contributed by atoms with E-state index >= 15 is 0 Å². The Kier molecular flexibility index (Phi) is 6.07. The SMILES string of the molecule is C[C@@H](O)[C@H](NC(=O)OCc1ccccc1)C(=O)ON1C(=O)CCC1=O. The zero-order valence-corrected chi connectivity index (χ0v) is 13.5. The Balaban J connectivity index is 1.90. The molecule has 134 valence electrons. The molecule has 1 aromatic carbocycles. The number of nitrogens with zero attached hydrogens (tertiary/aromatic N) is 1. The minimum absolute atomic E-state index is 0.0304. The zero-order valence-electron chi connectivity index (χ0n) is 13.5. The summed E-state index contributed by atoms with van der Waals surface area (Å²) in [4.78, 5) is 51.4. The molecule has 0 aliphatic carbocycles. The number of aliphatic hydroxyl groups is 1. The largest absolute Gasteiger partial charge is 0.445 e. The third-order valence-electron chi connectivity index (χ3n) is 3.41. The number of rotatable bonds is 6. The fourth-order valence-electron chi connectivity index (χ4n) is 2.07. The van der Waals surface area contributed by atoms with Crippen molar-refractivity contribution in [3.8, 4) is 0 Å². The molecule has 1 fully saturated rings. The fraction of sp³-hybridized carbons (Fsp3) is 0.375. The van der Waals surface area contributed by atoms with E-state index in [4.69, 9.17) is 4.74 Å². The zero-order chi connectivity index (χ0) is 18.4. The van der Waals surface area contributed by atoms with Crippen molar-refractivity contribution in [1.82, 2.24) is 10.4 Å². The third-order valence-corrected chi connectivity index (χ3v) is 3.41. The summed E-state index contributed by atoms with van der Waals surface area (Å²) >= 11 is 0. The number of hydroxylamine groups is 2. The highest BCUT2D eigenvalue weighted by Crippen LogP contribution is 2.13. The monoisotopic (exact) mass is 350 g/mol. The average Bonchev–Trinajstić information content (AvgIpc) is 2.90. The summed E-state index contributed by atoms with van der Waals surface area (Å²) in [6.45, 7) is 1.22. The standard InChI is InChI=1S/C16H18N2O7/c1-10(19)14(15(22)25-18-12(20)7-8-13(18)21)17-16(23)24-9-11-5-3-2-4-6-11/h2-6,10,14,19H,7-9H2,1H3,(H,17,23)/t10-,14+/m1/s1. The molecule has 1 aliphatic heterocycles.